The van der Waals surface area contributed by atoms with E-state index in [-0.39, 0.29) is 6.10 Å². The summed E-state index contributed by atoms with van der Waals surface area (Å²) in [4.78, 5) is 9.54. The zero-order valence-electron chi connectivity index (χ0n) is 3.89. The van der Waals surface area contributed by atoms with Crippen LogP contribution >= 0.6 is 0 Å². The molecule has 38 valence electrons. The maximum absolute atomic E-state index is 9.54. The van der Waals surface area contributed by atoms with Gasteiger partial charge < -0.3 is 4.74 Å². The molecule has 0 amide bonds. The molecule has 0 spiro atoms. The third-order valence-electron chi connectivity index (χ3n) is 0.963. The van der Waals surface area contributed by atoms with Crippen LogP contribution < -0.4 is 0 Å². The molecule has 1 aliphatic carbocycles. The third-order valence-corrected chi connectivity index (χ3v) is 0.963. The molecule has 1 rings (SSSR count). The van der Waals surface area contributed by atoms with Crippen LogP contribution in [0.3, 0.4) is 0 Å². The summed E-state index contributed by atoms with van der Waals surface area (Å²) in [7, 11) is 0. The standard InChI is InChI=1S/C5H6O2/c1-4-2-5(4)7-3-6/h3,5H,1-2H2. The number of carbonyl (C=O) groups is 1. The highest BCUT2D eigenvalue weighted by Crippen LogP contribution is 2.33. The fraction of sp³-hybridized carbons (Fsp3) is 0.400. The molecule has 1 aliphatic rings. The second-order valence-electron chi connectivity index (χ2n) is 1.58. The second kappa shape index (κ2) is 1.45. The van der Waals surface area contributed by atoms with Crippen molar-refractivity contribution >= 4 is 6.47 Å². The zero-order valence-corrected chi connectivity index (χ0v) is 3.89. The van der Waals surface area contributed by atoms with Crippen LogP contribution in [0.25, 0.3) is 0 Å². The Morgan fingerprint density at radius 1 is 2.00 bits per heavy atom. The van der Waals surface area contributed by atoms with E-state index in [9.17, 15) is 4.79 Å². The van der Waals surface area contributed by atoms with E-state index in [0.717, 1.165) is 12.3 Å². The van der Waals surface area contributed by atoms with E-state index < -0.39 is 0 Å². The van der Waals surface area contributed by atoms with E-state index in [1.165, 1.54) is 0 Å². The van der Waals surface area contributed by atoms with Gasteiger partial charge in [0.05, 0.1) is 0 Å². The Hall–Kier alpha value is -0.660. The van der Waals surface area contributed by atoms with Crippen molar-refractivity contribution in [3.8, 4) is 0 Å². The predicted octanol–water partition coefficient (Wildman–Crippen LogP) is 0.340. The highest BCUT2D eigenvalue weighted by atomic mass is 16.5. The molecule has 2 heteroatoms. The number of carbonyl (C=O) groups excluding carboxylic acids is 1. The minimum atomic E-state index is 0.0532. The Morgan fingerprint density at radius 2 is 2.57 bits per heavy atom. The molecule has 0 aromatic carbocycles. The molecule has 1 atom stereocenters. The fourth-order valence-electron chi connectivity index (χ4n) is 0.391. The normalized spacial score (nSPS) is 27.0. The first-order valence-electron chi connectivity index (χ1n) is 2.11. The van der Waals surface area contributed by atoms with Crippen LogP contribution in [-0.4, -0.2) is 12.6 Å². The lowest BCUT2D eigenvalue weighted by Gasteiger charge is -1.81. The molecule has 0 N–H and O–H groups in total. The van der Waals surface area contributed by atoms with Crippen LogP contribution in [0.4, 0.5) is 0 Å². The molecule has 0 bridgehead atoms. The summed E-state index contributed by atoms with van der Waals surface area (Å²) < 4.78 is 4.48. The smallest absolute Gasteiger partial charge is 0.296 e. The van der Waals surface area contributed by atoms with Gasteiger partial charge in [-0.25, -0.2) is 0 Å². The van der Waals surface area contributed by atoms with Crippen molar-refractivity contribution in [1.29, 1.82) is 0 Å². The Kier molecular flexibility index (Phi) is 0.929. The van der Waals surface area contributed by atoms with Gasteiger partial charge in [-0.3, -0.25) is 4.79 Å². The quantitative estimate of drug-likeness (QED) is 0.367. The van der Waals surface area contributed by atoms with Crippen molar-refractivity contribution in [2.45, 2.75) is 12.5 Å². The first-order valence-corrected chi connectivity index (χ1v) is 2.11. The van der Waals surface area contributed by atoms with Crippen molar-refractivity contribution in [3.05, 3.63) is 12.8 Å². The number of hydrogen-bond acceptors (Lipinski definition) is 2. The lowest BCUT2D eigenvalue weighted by Crippen LogP contribution is -1.89. The molecule has 1 saturated carbocycles. The van der Waals surface area contributed by atoms with E-state index in [1.54, 1.807) is 0 Å². The summed E-state index contributed by atoms with van der Waals surface area (Å²) in [5.41, 5.74) is 0. The second-order valence-corrected chi connectivity index (χ2v) is 1.58. The monoisotopic (exact) mass is 98.0 g/mol. The van der Waals surface area contributed by atoms with Crippen LogP contribution in [0.2, 0.25) is 0 Å². The highest BCUT2D eigenvalue weighted by molar-refractivity contribution is 5.40. The number of rotatable bonds is 2. The van der Waals surface area contributed by atoms with E-state index in [2.05, 4.69) is 11.7 Å². The molecular formula is C5H6O2. The van der Waals surface area contributed by atoms with Crippen LogP contribution in [0.1, 0.15) is 6.42 Å². The summed E-state index contributed by atoms with van der Waals surface area (Å²) in [5.74, 6) is 1.02. The highest BCUT2D eigenvalue weighted by Gasteiger charge is 2.42. The number of ether oxygens (including phenoxy) is 1. The van der Waals surface area contributed by atoms with Gasteiger partial charge in [0.15, 0.2) is 0 Å². The molecule has 0 heterocycles. The first-order chi connectivity index (χ1) is 3.34. The molecule has 2 nitrogen and oxygen atoms in total. The van der Waals surface area contributed by atoms with Crippen molar-refractivity contribution in [3.63, 3.8) is 0 Å². The first kappa shape index (κ1) is 4.50. The minimum Gasteiger partial charge on any atom is -0.421 e. The van der Waals surface area contributed by atoms with Gasteiger partial charge in [-0.15, -0.1) is 6.92 Å². The van der Waals surface area contributed by atoms with E-state index in [1.807, 2.05) is 0 Å². The Morgan fingerprint density at radius 3 is 2.71 bits per heavy atom. The van der Waals surface area contributed by atoms with Crippen LogP contribution in [0.15, 0.2) is 0 Å². The molecule has 0 aromatic heterocycles. The van der Waals surface area contributed by atoms with E-state index in [4.69, 9.17) is 0 Å². The maximum Gasteiger partial charge on any atom is 0.296 e. The lowest BCUT2D eigenvalue weighted by molar-refractivity contribution is -0.129. The van der Waals surface area contributed by atoms with Crippen LogP contribution in [-0.2, 0) is 9.53 Å². The molecule has 1 unspecified atom stereocenters. The Labute approximate surface area is 42.5 Å². The summed E-state index contributed by atoms with van der Waals surface area (Å²) in [6.45, 7) is 4.04. The van der Waals surface area contributed by atoms with Gasteiger partial charge in [-0.2, -0.15) is 0 Å². The summed E-state index contributed by atoms with van der Waals surface area (Å²) >= 11 is 0. The van der Waals surface area contributed by atoms with Gasteiger partial charge >= 0.3 is 0 Å². The molecule has 0 radical (unpaired) electrons. The Balaban J connectivity index is 2.08. The Bertz CT molecular complexity index is 80.1. The summed E-state index contributed by atoms with van der Waals surface area (Å²) in [5, 5.41) is 0. The van der Waals surface area contributed by atoms with E-state index in [0.29, 0.717) is 6.47 Å². The lowest BCUT2D eigenvalue weighted by atomic mass is 10.5. The minimum absolute atomic E-state index is 0.0532. The van der Waals surface area contributed by atoms with Crippen molar-refractivity contribution in [2.75, 3.05) is 0 Å². The van der Waals surface area contributed by atoms with Crippen molar-refractivity contribution in [2.24, 2.45) is 0 Å². The van der Waals surface area contributed by atoms with Gasteiger partial charge in [-0.1, -0.05) is 0 Å². The topological polar surface area (TPSA) is 26.3 Å². The predicted molar refractivity (Wildman–Crippen MR) is 24.2 cm³/mol. The van der Waals surface area contributed by atoms with Crippen molar-refractivity contribution < 1.29 is 9.53 Å². The van der Waals surface area contributed by atoms with Gasteiger partial charge in [-0.05, 0) is 5.92 Å². The maximum atomic E-state index is 9.54. The van der Waals surface area contributed by atoms with Crippen LogP contribution in [0.5, 0.6) is 0 Å². The van der Waals surface area contributed by atoms with Crippen molar-refractivity contribution in [1.82, 2.24) is 0 Å². The van der Waals surface area contributed by atoms with Gasteiger partial charge in [0, 0.05) is 0 Å². The van der Waals surface area contributed by atoms with Crippen LogP contribution in [0, 0.1) is 12.8 Å². The summed E-state index contributed by atoms with van der Waals surface area (Å²) in [6, 6.07) is 0. The average Bonchev–Trinajstić information content (AvgIpc) is 2.22. The average molecular weight is 98.1 g/mol. The molecule has 0 aromatic rings. The zero-order chi connectivity index (χ0) is 5.28. The largest absolute Gasteiger partial charge is 0.421 e. The molecular weight excluding hydrogens is 92.1 g/mol. The molecule has 0 saturated heterocycles. The molecule has 0 aliphatic heterocycles. The molecule has 1 fully saturated rings. The van der Waals surface area contributed by atoms with E-state index >= 15 is 0 Å². The van der Waals surface area contributed by atoms with Gasteiger partial charge in [0.25, 0.3) is 6.47 Å². The SMILES string of the molecule is [CH2-][C+]1CC1OC=O. The fourth-order valence-corrected chi connectivity index (χ4v) is 0.391. The number of hydrogen-bond donors (Lipinski definition) is 0. The van der Waals surface area contributed by atoms with Gasteiger partial charge in [0.1, 0.15) is 6.42 Å². The summed E-state index contributed by atoms with van der Waals surface area (Å²) in [6.07, 6.45) is 0.913. The third kappa shape index (κ3) is 0.856. The molecule has 7 heavy (non-hydrogen) atoms. The van der Waals surface area contributed by atoms with Gasteiger partial charge in [0.2, 0.25) is 6.10 Å².